The second-order valence-corrected chi connectivity index (χ2v) is 4.20. The van der Waals surface area contributed by atoms with Crippen molar-refractivity contribution in [2.75, 3.05) is 30.4 Å². The fraction of sp³-hybridized carbons (Fsp3) is 0.417. The Balaban J connectivity index is 2.35. The minimum absolute atomic E-state index is 0.204. The monoisotopic (exact) mass is 236 g/mol. The average Bonchev–Trinajstić information content (AvgIpc) is 2.30. The molecule has 1 atom stereocenters. The van der Waals surface area contributed by atoms with Gasteiger partial charge in [-0.15, -0.1) is 0 Å². The summed E-state index contributed by atoms with van der Waals surface area (Å²) in [4.78, 5) is 13.0. The summed E-state index contributed by atoms with van der Waals surface area (Å²) in [5, 5.41) is 8.98. The molecule has 2 rings (SSSR count). The van der Waals surface area contributed by atoms with Gasteiger partial charge in [-0.3, -0.25) is 0 Å². The van der Waals surface area contributed by atoms with Gasteiger partial charge in [-0.05, 0) is 25.1 Å². The van der Waals surface area contributed by atoms with Gasteiger partial charge in [0.25, 0.3) is 0 Å². The standard InChI is InChI=1S/C12H16N2O3/c1-8-7-17-5-4-14(8)11-6-9(12(15)16)2-3-10(11)13/h2-3,6,8H,4-5,7,13H2,1H3,(H,15,16). The molecule has 1 unspecified atom stereocenters. The molecule has 1 aromatic carbocycles. The molecule has 92 valence electrons. The molecule has 0 aromatic heterocycles. The molecule has 0 bridgehead atoms. The van der Waals surface area contributed by atoms with Gasteiger partial charge in [0.05, 0.1) is 30.2 Å². The van der Waals surface area contributed by atoms with Crippen LogP contribution in [0.4, 0.5) is 11.4 Å². The molecule has 1 fully saturated rings. The number of carboxylic acids is 1. The van der Waals surface area contributed by atoms with Gasteiger partial charge < -0.3 is 20.5 Å². The Morgan fingerprint density at radius 2 is 2.35 bits per heavy atom. The number of aromatic carboxylic acids is 1. The number of nitrogen functional groups attached to an aromatic ring is 1. The van der Waals surface area contributed by atoms with Crippen LogP contribution < -0.4 is 10.6 Å². The SMILES string of the molecule is CC1COCCN1c1cc(C(=O)O)ccc1N. The summed E-state index contributed by atoms with van der Waals surface area (Å²) in [6.45, 7) is 4.04. The lowest BCUT2D eigenvalue weighted by molar-refractivity contribution is 0.0697. The van der Waals surface area contributed by atoms with E-state index in [0.717, 1.165) is 12.2 Å². The van der Waals surface area contributed by atoms with E-state index >= 15 is 0 Å². The third kappa shape index (κ3) is 2.34. The van der Waals surface area contributed by atoms with Crippen molar-refractivity contribution in [2.45, 2.75) is 13.0 Å². The molecule has 1 aliphatic heterocycles. The minimum Gasteiger partial charge on any atom is -0.478 e. The predicted molar refractivity (Wildman–Crippen MR) is 65.4 cm³/mol. The summed E-state index contributed by atoms with van der Waals surface area (Å²) in [6.07, 6.45) is 0. The molecule has 1 saturated heterocycles. The maximum absolute atomic E-state index is 10.9. The van der Waals surface area contributed by atoms with Gasteiger partial charge in [0.1, 0.15) is 0 Å². The molecule has 0 spiro atoms. The summed E-state index contributed by atoms with van der Waals surface area (Å²) in [6, 6.07) is 4.99. The Bertz CT molecular complexity index is 434. The third-order valence-electron chi connectivity index (χ3n) is 2.95. The first kappa shape index (κ1) is 11.7. The van der Waals surface area contributed by atoms with E-state index in [1.165, 1.54) is 6.07 Å². The van der Waals surface area contributed by atoms with E-state index < -0.39 is 5.97 Å². The normalized spacial score (nSPS) is 20.3. The smallest absolute Gasteiger partial charge is 0.335 e. The molecule has 5 heteroatoms. The Hall–Kier alpha value is -1.75. The molecule has 0 aliphatic carbocycles. The van der Waals surface area contributed by atoms with Crippen molar-refractivity contribution in [1.82, 2.24) is 0 Å². The number of ether oxygens (including phenoxy) is 1. The molecule has 0 saturated carbocycles. The number of anilines is 2. The molecule has 17 heavy (non-hydrogen) atoms. The van der Waals surface area contributed by atoms with Crippen molar-refractivity contribution in [3.05, 3.63) is 23.8 Å². The van der Waals surface area contributed by atoms with E-state index in [0.29, 0.717) is 18.9 Å². The largest absolute Gasteiger partial charge is 0.478 e. The molecule has 5 nitrogen and oxygen atoms in total. The zero-order valence-electron chi connectivity index (χ0n) is 9.72. The summed E-state index contributed by atoms with van der Waals surface area (Å²) >= 11 is 0. The van der Waals surface area contributed by atoms with Crippen LogP contribution in [-0.4, -0.2) is 36.9 Å². The molecule has 1 aliphatic rings. The highest BCUT2D eigenvalue weighted by molar-refractivity contribution is 5.90. The molecular formula is C12H16N2O3. The van der Waals surface area contributed by atoms with Gasteiger partial charge in [-0.1, -0.05) is 0 Å². The van der Waals surface area contributed by atoms with Gasteiger partial charge in [-0.2, -0.15) is 0 Å². The molecule has 1 aromatic rings. The van der Waals surface area contributed by atoms with E-state index in [-0.39, 0.29) is 11.6 Å². The second-order valence-electron chi connectivity index (χ2n) is 4.20. The van der Waals surface area contributed by atoms with Crippen molar-refractivity contribution in [3.8, 4) is 0 Å². The molecule has 1 heterocycles. The van der Waals surface area contributed by atoms with Crippen molar-refractivity contribution < 1.29 is 14.6 Å². The summed E-state index contributed by atoms with van der Waals surface area (Å²) in [5.74, 6) is -0.938. The van der Waals surface area contributed by atoms with E-state index in [9.17, 15) is 4.79 Å². The topological polar surface area (TPSA) is 75.8 Å². The van der Waals surface area contributed by atoms with Crippen LogP contribution >= 0.6 is 0 Å². The lowest BCUT2D eigenvalue weighted by Gasteiger charge is -2.36. The summed E-state index contributed by atoms with van der Waals surface area (Å²) in [5.41, 5.74) is 7.54. The van der Waals surface area contributed by atoms with Crippen molar-refractivity contribution in [2.24, 2.45) is 0 Å². The lowest BCUT2D eigenvalue weighted by atomic mass is 10.1. The summed E-state index contributed by atoms with van der Waals surface area (Å²) < 4.78 is 5.35. The van der Waals surface area contributed by atoms with Crippen LogP contribution in [0.25, 0.3) is 0 Å². The highest BCUT2D eigenvalue weighted by Gasteiger charge is 2.21. The van der Waals surface area contributed by atoms with Crippen molar-refractivity contribution in [1.29, 1.82) is 0 Å². The number of carbonyl (C=O) groups is 1. The number of morpholine rings is 1. The van der Waals surface area contributed by atoms with Crippen molar-refractivity contribution >= 4 is 17.3 Å². The minimum atomic E-state index is -0.938. The highest BCUT2D eigenvalue weighted by Crippen LogP contribution is 2.27. The predicted octanol–water partition coefficient (Wildman–Crippen LogP) is 1.19. The van der Waals surface area contributed by atoms with Crippen LogP contribution in [0.3, 0.4) is 0 Å². The highest BCUT2D eigenvalue weighted by atomic mass is 16.5. The Morgan fingerprint density at radius 3 is 3.00 bits per heavy atom. The fourth-order valence-electron chi connectivity index (χ4n) is 2.01. The Labute approximate surface area is 99.8 Å². The van der Waals surface area contributed by atoms with E-state index in [4.69, 9.17) is 15.6 Å². The van der Waals surface area contributed by atoms with Crippen molar-refractivity contribution in [3.63, 3.8) is 0 Å². The van der Waals surface area contributed by atoms with Crippen LogP contribution in [0, 0.1) is 0 Å². The van der Waals surface area contributed by atoms with Gasteiger partial charge in [-0.25, -0.2) is 4.79 Å². The number of nitrogens with two attached hydrogens (primary N) is 1. The first-order valence-electron chi connectivity index (χ1n) is 5.57. The molecule has 0 radical (unpaired) electrons. The Kier molecular flexibility index (Phi) is 3.19. The van der Waals surface area contributed by atoms with E-state index in [1.54, 1.807) is 12.1 Å². The molecule has 3 N–H and O–H groups in total. The number of rotatable bonds is 2. The lowest BCUT2D eigenvalue weighted by Crippen LogP contribution is -2.44. The van der Waals surface area contributed by atoms with E-state index in [2.05, 4.69) is 4.90 Å². The van der Waals surface area contributed by atoms with Crippen LogP contribution in [0.2, 0.25) is 0 Å². The average molecular weight is 236 g/mol. The summed E-state index contributed by atoms with van der Waals surface area (Å²) in [7, 11) is 0. The first-order valence-corrected chi connectivity index (χ1v) is 5.57. The zero-order valence-corrected chi connectivity index (χ0v) is 9.72. The number of carboxylic acid groups (broad SMARTS) is 1. The van der Waals surface area contributed by atoms with Crippen LogP contribution in [0.1, 0.15) is 17.3 Å². The maximum atomic E-state index is 10.9. The number of hydrogen-bond acceptors (Lipinski definition) is 4. The first-order chi connectivity index (χ1) is 8.09. The fourth-order valence-corrected chi connectivity index (χ4v) is 2.01. The van der Waals surface area contributed by atoms with Crippen LogP contribution in [0.15, 0.2) is 18.2 Å². The van der Waals surface area contributed by atoms with E-state index in [1.807, 2.05) is 6.92 Å². The van der Waals surface area contributed by atoms with Gasteiger partial charge in [0.2, 0.25) is 0 Å². The Morgan fingerprint density at radius 1 is 1.59 bits per heavy atom. The van der Waals surface area contributed by atoms with Gasteiger partial charge in [0, 0.05) is 12.6 Å². The third-order valence-corrected chi connectivity index (χ3v) is 2.95. The molecule has 0 amide bonds. The zero-order chi connectivity index (χ0) is 12.4. The molecular weight excluding hydrogens is 220 g/mol. The second kappa shape index (κ2) is 4.63. The van der Waals surface area contributed by atoms with Gasteiger partial charge >= 0.3 is 5.97 Å². The number of hydrogen-bond donors (Lipinski definition) is 2. The quantitative estimate of drug-likeness (QED) is 0.754. The number of benzene rings is 1. The van der Waals surface area contributed by atoms with Gasteiger partial charge in [0.15, 0.2) is 0 Å². The van der Waals surface area contributed by atoms with Crippen LogP contribution in [0.5, 0.6) is 0 Å². The maximum Gasteiger partial charge on any atom is 0.335 e. The van der Waals surface area contributed by atoms with Crippen LogP contribution in [-0.2, 0) is 4.74 Å². The number of nitrogens with zero attached hydrogens (tertiary/aromatic N) is 1.